The number of nitrogens with zero attached hydrogens (tertiary/aromatic N) is 3. The molecular weight excluding hydrogens is 240 g/mol. The van der Waals surface area contributed by atoms with Crippen molar-refractivity contribution in [3.8, 4) is 5.88 Å². The molecule has 0 aliphatic heterocycles. The van der Waals surface area contributed by atoms with Crippen LogP contribution in [0.4, 0.5) is 5.13 Å². The van der Waals surface area contributed by atoms with Crippen molar-refractivity contribution < 1.29 is 5.11 Å². The highest BCUT2D eigenvalue weighted by molar-refractivity contribution is 7.20. The number of hydrogen-bond donors (Lipinski definition) is 2. The van der Waals surface area contributed by atoms with Gasteiger partial charge in [0.05, 0.1) is 5.56 Å². The normalized spacial score (nSPS) is 16.9. The van der Waals surface area contributed by atoms with E-state index in [-0.39, 0.29) is 22.5 Å². The molecular formula is C10H12N4O2S. The second-order valence-corrected chi connectivity index (χ2v) is 5.26. The van der Waals surface area contributed by atoms with Gasteiger partial charge in [-0.1, -0.05) is 24.2 Å². The standard InChI is InChI=1S/C10H12N4O2S/c11-9-13-14-8(16)6(5-3-1-2-4-5)7(15)12-10(14)17-9/h5,15H,1-4H2,(H2,11,13). The molecule has 0 atom stereocenters. The second kappa shape index (κ2) is 3.69. The van der Waals surface area contributed by atoms with Crippen molar-refractivity contribution in [2.24, 2.45) is 0 Å². The van der Waals surface area contributed by atoms with Crippen molar-refractivity contribution in [3.63, 3.8) is 0 Å². The molecule has 0 aromatic carbocycles. The second-order valence-electron chi connectivity index (χ2n) is 4.27. The van der Waals surface area contributed by atoms with Gasteiger partial charge >= 0.3 is 0 Å². The number of anilines is 1. The van der Waals surface area contributed by atoms with Gasteiger partial charge in [-0.3, -0.25) is 4.79 Å². The molecule has 0 unspecified atom stereocenters. The van der Waals surface area contributed by atoms with Crippen LogP contribution in [0.5, 0.6) is 5.88 Å². The quantitative estimate of drug-likeness (QED) is 0.792. The molecule has 2 aromatic rings. The Morgan fingerprint density at radius 1 is 1.41 bits per heavy atom. The zero-order valence-electron chi connectivity index (χ0n) is 9.09. The molecule has 90 valence electrons. The molecule has 1 aliphatic rings. The number of hydrogen-bond acceptors (Lipinski definition) is 6. The Hall–Kier alpha value is -1.63. The molecule has 1 fully saturated rings. The van der Waals surface area contributed by atoms with Crippen molar-refractivity contribution in [3.05, 3.63) is 15.9 Å². The Labute approximate surface area is 101 Å². The van der Waals surface area contributed by atoms with Crippen LogP contribution in [0.3, 0.4) is 0 Å². The van der Waals surface area contributed by atoms with E-state index in [2.05, 4.69) is 10.1 Å². The molecule has 0 saturated heterocycles. The number of nitrogen functional groups attached to an aromatic ring is 1. The fraction of sp³-hybridized carbons (Fsp3) is 0.500. The van der Waals surface area contributed by atoms with Gasteiger partial charge in [0.2, 0.25) is 16.0 Å². The van der Waals surface area contributed by atoms with E-state index in [1.807, 2.05) is 0 Å². The van der Waals surface area contributed by atoms with Crippen molar-refractivity contribution in [1.29, 1.82) is 0 Å². The van der Waals surface area contributed by atoms with Gasteiger partial charge in [0.25, 0.3) is 5.56 Å². The molecule has 2 heterocycles. The van der Waals surface area contributed by atoms with Crippen LogP contribution in [0.1, 0.15) is 37.2 Å². The minimum Gasteiger partial charge on any atom is -0.493 e. The van der Waals surface area contributed by atoms with Gasteiger partial charge < -0.3 is 10.8 Å². The molecule has 0 amide bonds. The van der Waals surface area contributed by atoms with Gasteiger partial charge in [-0.2, -0.15) is 9.50 Å². The molecule has 1 saturated carbocycles. The molecule has 2 aromatic heterocycles. The fourth-order valence-corrected chi connectivity index (χ4v) is 3.09. The van der Waals surface area contributed by atoms with Gasteiger partial charge in [0, 0.05) is 0 Å². The minimum absolute atomic E-state index is 0.106. The molecule has 3 N–H and O–H groups in total. The third kappa shape index (κ3) is 1.57. The van der Waals surface area contributed by atoms with Crippen molar-refractivity contribution in [2.45, 2.75) is 31.6 Å². The third-order valence-electron chi connectivity index (χ3n) is 3.20. The van der Waals surface area contributed by atoms with Crippen LogP contribution in [0, 0.1) is 0 Å². The summed E-state index contributed by atoms with van der Waals surface area (Å²) in [4.78, 5) is 16.5. The first kappa shape index (κ1) is 10.5. The molecule has 0 spiro atoms. The van der Waals surface area contributed by atoms with E-state index in [0.717, 1.165) is 37.0 Å². The molecule has 0 bridgehead atoms. The summed E-state index contributed by atoms with van der Waals surface area (Å²) in [7, 11) is 0. The first-order valence-electron chi connectivity index (χ1n) is 5.55. The first-order chi connectivity index (χ1) is 8.16. The van der Waals surface area contributed by atoms with E-state index >= 15 is 0 Å². The maximum absolute atomic E-state index is 12.2. The molecule has 3 rings (SSSR count). The zero-order valence-corrected chi connectivity index (χ0v) is 9.90. The number of aromatic hydroxyl groups is 1. The Balaban J connectivity index is 2.26. The van der Waals surface area contributed by atoms with Gasteiger partial charge in [-0.05, 0) is 18.8 Å². The molecule has 0 radical (unpaired) electrons. The predicted octanol–water partition coefficient (Wildman–Crippen LogP) is 1.10. The average molecular weight is 252 g/mol. The molecule has 17 heavy (non-hydrogen) atoms. The highest BCUT2D eigenvalue weighted by Gasteiger charge is 2.26. The van der Waals surface area contributed by atoms with Crippen molar-refractivity contribution in [2.75, 3.05) is 5.73 Å². The summed E-state index contributed by atoms with van der Waals surface area (Å²) in [6.45, 7) is 0. The predicted molar refractivity (Wildman–Crippen MR) is 64.4 cm³/mol. The maximum atomic E-state index is 12.2. The summed E-state index contributed by atoms with van der Waals surface area (Å²) >= 11 is 1.09. The maximum Gasteiger partial charge on any atom is 0.282 e. The topological polar surface area (TPSA) is 93.5 Å². The van der Waals surface area contributed by atoms with Crippen molar-refractivity contribution in [1.82, 2.24) is 14.6 Å². The average Bonchev–Trinajstić information content (AvgIpc) is 2.87. The first-order valence-corrected chi connectivity index (χ1v) is 6.36. The zero-order chi connectivity index (χ0) is 12.0. The smallest absolute Gasteiger partial charge is 0.282 e. The molecule has 1 aliphatic carbocycles. The number of fused-ring (bicyclic) bond motifs is 1. The lowest BCUT2D eigenvalue weighted by Gasteiger charge is -2.09. The number of rotatable bonds is 1. The number of aromatic nitrogens is 3. The Bertz CT molecular complexity index is 627. The van der Waals surface area contributed by atoms with Crippen LogP contribution in [0.15, 0.2) is 4.79 Å². The highest BCUT2D eigenvalue weighted by Crippen LogP contribution is 2.35. The van der Waals surface area contributed by atoms with Gasteiger partial charge in [-0.15, -0.1) is 5.10 Å². The highest BCUT2D eigenvalue weighted by atomic mass is 32.1. The van der Waals surface area contributed by atoms with Crippen LogP contribution in [0.25, 0.3) is 4.96 Å². The van der Waals surface area contributed by atoms with E-state index in [4.69, 9.17) is 5.73 Å². The lowest BCUT2D eigenvalue weighted by atomic mass is 10.0. The summed E-state index contributed by atoms with van der Waals surface area (Å²) in [6, 6.07) is 0. The van der Waals surface area contributed by atoms with Gasteiger partial charge in [0.1, 0.15) is 0 Å². The fourth-order valence-electron chi connectivity index (χ4n) is 2.43. The molecule has 6 nitrogen and oxygen atoms in total. The summed E-state index contributed by atoms with van der Waals surface area (Å²) < 4.78 is 1.19. The van der Waals surface area contributed by atoms with E-state index in [1.54, 1.807) is 0 Å². The van der Waals surface area contributed by atoms with Gasteiger partial charge in [-0.25, -0.2) is 0 Å². The summed E-state index contributed by atoms with van der Waals surface area (Å²) in [5.41, 5.74) is 5.65. The van der Waals surface area contributed by atoms with Crippen LogP contribution in [0.2, 0.25) is 0 Å². The summed E-state index contributed by atoms with van der Waals surface area (Å²) in [5, 5.41) is 14.1. The minimum atomic E-state index is -0.285. The lowest BCUT2D eigenvalue weighted by Crippen LogP contribution is -2.21. The van der Waals surface area contributed by atoms with Crippen molar-refractivity contribution >= 4 is 21.4 Å². The Morgan fingerprint density at radius 3 is 2.82 bits per heavy atom. The molecule has 7 heteroatoms. The van der Waals surface area contributed by atoms with E-state index < -0.39 is 0 Å². The Morgan fingerprint density at radius 2 is 2.12 bits per heavy atom. The Kier molecular flexibility index (Phi) is 2.29. The van der Waals surface area contributed by atoms with Crippen LogP contribution in [-0.2, 0) is 0 Å². The van der Waals surface area contributed by atoms with E-state index in [9.17, 15) is 9.90 Å². The monoisotopic (exact) mass is 252 g/mol. The summed E-state index contributed by atoms with van der Waals surface area (Å²) in [6.07, 6.45) is 4.03. The third-order valence-corrected chi connectivity index (χ3v) is 3.94. The lowest BCUT2D eigenvalue weighted by molar-refractivity contribution is 0.436. The summed E-state index contributed by atoms with van der Waals surface area (Å²) in [5.74, 6) is -0.0552. The van der Waals surface area contributed by atoms with Crippen LogP contribution < -0.4 is 11.3 Å². The van der Waals surface area contributed by atoms with Gasteiger partial charge in [0.15, 0.2) is 0 Å². The van der Waals surface area contributed by atoms with E-state index in [0.29, 0.717) is 10.5 Å². The van der Waals surface area contributed by atoms with E-state index in [1.165, 1.54) is 4.52 Å². The number of nitrogens with two attached hydrogens (primary N) is 1. The SMILES string of the molecule is Nc1nn2c(=O)c(C3CCCC3)c(O)nc2s1. The van der Waals surface area contributed by atoms with Crippen LogP contribution in [-0.4, -0.2) is 19.7 Å². The largest absolute Gasteiger partial charge is 0.493 e. The van der Waals surface area contributed by atoms with Crippen LogP contribution >= 0.6 is 11.3 Å².